The van der Waals surface area contributed by atoms with Crippen molar-refractivity contribution in [3.8, 4) is 0 Å². The van der Waals surface area contributed by atoms with Gasteiger partial charge in [-0.25, -0.2) is 0 Å². The minimum Gasteiger partial charge on any atom is -0.480 e. The highest BCUT2D eigenvalue weighted by molar-refractivity contribution is 5.80. The van der Waals surface area contributed by atoms with Gasteiger partial charge in [-0.3, -0.25) is 4.79 Å². The summed E-state index contributed by atoms with van der Waals surface area (Å²) in [4.78, 5) is 10.8. The smallest absolute Gasteiger partial charge is 0.324 e. The summed E-state index contributed by atoms with van der Waals surface area (Å²) in [5.41, 5.74) is 4.78. The lowest BCUT2D eigenvalue weighted by Crippen LogP contribution is -2.51. The third-order valence-corrected chi connectivity index (χ3v) is 2.83. The predicted octanol–water partition coefficient (Wildman–Crippen LogP) is 0.364. The Morgan fingerprint density at radius 1 is 1.64 bits per heavy atom. The first-order valence-corrected chi connectivity index (χ1v) is 3.83. The second-order valence-corrected chi connectivity index (χ2v) is 3.54. The van der Waals surface area contributed by atoms with E-state index in [-0.39, 0.29) is 5.92 Å². The van der Waals surface area contributed by atoms with Crippen molar-refractivity contribution >= 4 is 5.97 Å². The number of carboxylic acids is 1. The van der Waals surface area contributed by atoms with Crippen LogP contribution in [-0.2, 0) is 4.79 Å². The number of hydrogen-bond acceptors (Lipinski definition) is 2. The van der Waals surface area contributed by atoms with Gasteiger partial charge in [0.15, 0.2) is 0 Å². The highest BCUT2D eigenvalue weighted by atomic mass is 16.4. The first kappa shape index (κ1) is 6.85. The molecule has 0 amide bonds. The average molecular weight is 153 g/mol. The largest absolute Gasteiger partial charge is 0.480 e. The Labute approximate surface area is 64.9 Å². The molecule has 2 rings (SSSR count). The summed E-state index contributed by atoms with van der Waals surface area (Å²) >= 11 is 0. The van der Waals surface area contributed by atoms with Crippen LogP contribution in [0.5, 0.6) is 0 Å². The van der Waals surface area contributed by atoms with E-state index in [0.717, 1.165) is 6.42 Å². The highest BCUT2D eigenvalue weighted by Crippen LogP contribution is 2.44. The number of aliphatic carboxylic acids is 1. The van der Waals surface area contributed by atoms with Gasteiger partial charge in [-0.15, -0.1) is 0 Å². The first-order chi connectivity index (χ1) is 5.13. The van der Waals surface area contributed by atoms with Gasteiger partial charge in [0.2, 0.25) is 0 Å². The number of carbonyl (C=O) groups is 1. The van der Waals surface area contributed by atoms with Gasteiger partial charge in [0.1, 0.15) is 5.54 Å². The number of rotatable bonds is 1. The molecular formula is C8H11NO2. The van der Waals surface area contributed by atoms with Crippen LogP contribution >= 0.6 is 0 Å². The summed E-state index contributed by atoms with van der Waals surface area (Å²) in [6.45, 7) is 0. The van der Waals surface area contributed by atoms with E-state index in [2.05, 4.69) is 6.08 Å². The second kappa shape index (κ2) is 1.85. The lowest BCUT2D eigenvalue weighted by molar-refractivity contribution is -0.144. The third-order valence-electron chi connectivity index (χ3n) is 2.83. The van der Waals surface area contributed by atoms with Gasteiger partial charge in [0, 0.05) is 5.92 Å². The Balaban J connectivity index is 2.30. The maximum atomic E-state index is 10.8. The number of nitrogens with two attached hydrogens (primary N) is 1. The molecule has 0 aromatic heterocycles. The van der Waals surface area contributed by atoms with E-state index < -0.39 is 11.5 Å². The van der Waals surface area contributed by atoms with Crippen molar-refractivity contribution in [3.63, 3.8) is 0 Å². The van der Waals surface area contributed by atoms with Crippen LogP contribution in [0, 0.1) is 11.8 Å². The van der Waals surface area contributed by atoms with E-state index >= 15 is 0 Å². The molecule has 2 aliphatic carbocycles. The molecule has 0 aromatic carbocycles. The molecule has 3 heteroatoms. The van der Waals surface area contributed by atoms with E-state index in [1.54, 1.807) is 0 Å². The van der Waals surface area contributed by atoms with E-state index in [1.807, 2.05) is 6.08 Å². The zero-order chi connectivity index (χ0) is 8.06. The van der Waals surface area contributed by atoms with Crippen molar-refractivity contribution in [2.45, 2.75) is 18.4 Å². The van der Waals surface area contributed by atoms with Crippen LogP contribution in [0.25, 0.3) is 0 Å². The molecule has 0 saturated heterocycles. The topological polar surface area (TPSA) is 63.3 Å². The van der Waals surface area contributed by atoms with Crippen LogP contribution in [0.15, 0.2) is 12.2 Å². The Bertz CT molecular complexity index is 236. The van der Waals surface area contributed by atoms with E-state index in [9.17, 15) is 4.79 Å². The van der Waals surface area contributed by atoms with Gasteiger partial charge < -0.3 is 10.8 Å². The summed E-state index contributed by atoms with van der Waals surface area (Å²) in [5, 5.41) is 8.84. The minimum atomic E-state index is -0.959. The fraction of sp³-hybridized carbons (Fsp3) is 0.625. The van der Waals surface area contributed by atoms with E-state index in [4.69, 9.17) is 10.8 Å². The van der Waals surface area contributed by atoms with E-state index in [0.29, 0.717) is 12.3 Å². The molecule has 0 aromatic rings. The molecule has 0 radical (unpaired) electrons. The molecule has 0 unspecified atom stereocenters. The van der Waals surface area contributed by atoms with Crippen LogP contribution < -0.4 is 5.73 Å². The summed E-state index contributed by atoms with van der Waals surface area (Å²) in [6, 6.07) is 0. The SMILES string of the molecule is N[C@@]1(C(=O)O)C[C@H]2C=C[C@@H]1C2. The molecule has 2 bridgehead atoms. The third kappa shape index (κ3) is 0.744. The van der Waals surface area contributed by atoms with Gasteiger partial charge in [0.25, 0.3) is 0 Å². The highest BCUT2D eigenvalue weighted by Gasteiger charge is 2.50. The van der Waals surface area contributed by atoms with E-state index in [1.165, 1.54) is 0 Å². The molecule has 0 aliphatic heterocycles. The summed E-state index contributed by atoms with van der Waals surface area (Å²) < 4.78 is 0. The fourth-order valence-corrected chi connectivity index (χ4v) is 2.14. The van der Waals surface area contributed by atoms with Gasteiger partial charge in [-0.1, -0.05) is 12.2 Å². The molecule has 60 valence electrons. The summed E-state index contributed by atoms with van der Waals surface area (Å²) in [6.07, 6.45) is 5.58. The molecule has 0 heterocycles. The van der Waals surface area contributed by atoms with Crippen molar-refractivity contribution in [2.75, 3.05) is 0 Å². The standard InChI is InChI=1S/C8H11NO2/c9-8(7(10)11)4-5-1-2-6(8)3-5/h1-2,5-6H,3-4,9H2,(H,10,11)/t5-,6+,8-/m0/s1. The quantitative estimate of drug-likeness (QED) is 0.535. The number of allylic oxidation sites excluding steroid dienone is 1. The molecule has 1 saturated carbocycles. The number of hydrogen-bond donors (Lipinski definition) is 2. The fourth-order valence-electron chi connectivity index (χ4n) is 2.14. The Kier molecular flexibility index (Phi) is 1.16. The maximum absolute atomic E-state index is 10.8. The summed E-state index contributed by atoms with van der Waals surface area (Å²) in [7, 11) is 0. The van der Waals surface area contributed by atoms with Crippen LogP contribution in [0.1, 0.15) is 12.8 Å². The van der Waals surface area contributed by atoms with Crippen LogP contribution in [0.4, 0.5) is 0 Å². The lowest BCUT2D eigenvalue weighted by atomic mass is 9.86. The van der Waals surface area contributed by atoms with Crippen molar-refractivity contribution < 1.29 is 9.90 Å². The molecule has 3 nitrogen and oxygen atoms in total. The van der Waals surface area contributed by atoms with Crippen LogP contribution in [0.2, 0.25) is 0 Å². The lowest BCUT2D eigenvalue weighted by Gasteiger charge is -2.25. The van der Waals surface area contributed by atoms with Gasteiger partial charge in [0.05, 0.1) is 0 Å². The normalized spacial score (nSPS) is 46.6. The van der Waals surface area contributed by atoms with Crippen LogP contribution in [0.3, 0.4) is 0 Å². The monoisotopic (exact) mass is 153 g/mol. The Morgan fingerprint density at radius 2 is 2.36 bits per heavy atom. The Morgan fingerprint density at radius 3 is 2.64 bits per heavy atom. The Hall–Kier alpha value is -0.830. The summed E-state index contributed by atoms with van der Waals surface area (Å²) in [5.74, 6) is -0.361. The zero-order valence-corrected chi connectivity index (χ0v) is 6.16. The van der Waals surface area contributed by atoms with Gasteiger partial charge in [-0.05, 0) is 18.8 Å². The molecule has 1 fully saturated rings. The van der Waals surface area contributed by atoms with Crippen molar-refractivity contribution in [1.82, 2.24) is 0 Å². The van der Waals surface area contributed by atoms with Gasteiger partial charge >= 0.3 is 5.97 Å². The first-order valence-electron chi connectivity index (χ1n) is 3.83. The molecule has 3 atom stereocenters. The van der Waals surface area contributed by atoms with Crippen molar-refractivity contribution in [2.24, 2.45) is 17.6 Å². The van der Waals surface area contributed by atoms with Crippen molar-refractivity contribution in [1.29, 1.82) is 0 Å². The minimum absolute atomic E-state index is 0.0741. The number of carboxylic acid groups (broad SMARTS) is 1. The zero-order valence-electron chi connectivity index (χ0n) is 6.16. The molecule has 11 heavy (non-hydrogen) atoms. The predicted molar refractivity (Wildman–Crippen MR) is 39.9 cm³/mol. The maximum Gasteiger partial charge on any atom is 0.324 e. The second-order valence-electron chi connectivity index (χ2n) is 3.54. The van der Waals surface area contributed by atoms with Crippen molar-refractivity contribution in [3.05, 3.63) is 12.2 Å². The molecule has 3 N–H and O–H groups in total. The van der Waals surface area contributed by atoms with Gasteiger partial charge in [-0.2, -0.15) is 0 Å². The van der Waals surface area contributed by atoms with Crippen LogP contribution in [-0.4, -0.2) is 16.6 Å². The number of fused-ring (bicyclic) bond motifs is 2. The molecule has 2 aliphatic rings. The molecule has 0 spiro atoms. The molecular weight excluding hydrogens is 142 g/mol. The average Bonchev–Trinajstić information content (AvgIpc) is 2.45.